The molecule has 0 aliphatic heterocycles. The fourth-order valence-corrected chi connectivity index (χ4v) is 7.16. The van der Waals surface area contributed by atoms with E-state index in [4.69, 9.17) is 0 Å². The Kier molecular flexibility index (Phi) is 14.2. The van der Waals surface area contributed by atoms with Crippen molar-refractivity contribution in [3.05, 3.63) is 60.2 Å². The first-order chi connectivity index (χ1) is 20.7. The molecule has 1 aromatic rings. The normalized spacial score (nSPS) is 23.0. The van der Waals surface area contributed by atoms with Crippen LogP contribution in [0.15, 0.2) is 54.6 Å². The molecule has 232 valence electrons. The van der Waals surface area contributed by atoms with E-state index in [1.165, 1.54) is 95.5 Å². The highest BCUT2D eigenvalue weighted by Crippen LogP contribution is 2.34. The van der Waals surface area contributed by atoms with Gasteiger partial charge >= 0.3 is 0 Å². The third kappa shape index (κ3) is 10.4. The highest BCUT2D eigenvalue weighted by atomic mass is 16.2. The maximum absolute atomic E-state index is 14.2. The van der Waals surface area contributed by atoms with Crippen molar-refractivity contribution in [2.24, 2.45) is 5.41 Å². The molecule has 2 amide bonds. The minimum atomic E-state index is -1.29. The first kappa shape index (κ1) is 32.6. The summed E-state index contributed by atoms with van der Waals surface area (Å²) in [5.41, 5.74) is -0.114. The van der Waals surface area contributed by atoms with Crippen LogP contribution in [0.1, 0.15) is 153 Å². The second-order valence-electron chi connectivity index (χ2n) is 13.4. The lowest BCUT2D eigenvalue weighted by atomic mass is 9.77. The highest BCUT2D eigenvalue weighted by Gasteiger charge is 2.44. The second-order valence-corrected chi connectivity index (χ2v) is 13.4. The molecule has 2 fully saturated rings. The van der Waals surface area contributed by atoms with Gasteiger partial charge in [-0.3, -0.25) is 9.59 Å². The van der Waals surface area contributed by atoms with Crippen LogP contribution in [0, 0.1) is 5.41 Å². The average molecular weight is 575 g/mol. The van der Waals surface area contributed by atoms with Gasteiger partial charge in [0.15, 0.2) is 5.41 Å². The lowest BCUT2D eigenvalue weighted by Gasteiger charge is -2.33. The molecule has 0 bridgehead atoms. The third-order valence-electron chi connectivity index (χ3n) is 9.95. The molecule has 2 saturated carbocycles. The first-order valence-corrected chi connectivity index (χ1v) is 17.7. The smallest absolute Gasteiger partial charge is 0.243 e. The van der Waals surface area contributed by atoms with Crippen molar-refractivity contribution in [1.29, 1.82) is 0 Å². The number of carbonyl (C=O) groups is 2. The Balaban J connectivity index is 1.49. The van der Waals surface area contributed by atoms with Crippen molar-refractivity contribution < 1.29 is 9.59 Å². The molecule has 0 atom stereocenters. The van der Waals surface area contributed by atoms with Gasteiger partial charge in [-0.2, -0.15) is 0 Å². The fourth-order valence-electron chi connectivity index (χ4n) is 7.16. The topological polar surface area (TPSA) is 58.2 Å². The van der Waals surface area contributed by atoms with E-state index in [0.29, 0.717) is 0 Å². The molecule has 0 saturated heterocycles. The van der Waals surface area contributed by atoms with Gasteiger partial charge in [0.2, 0.25) is 11.8 Å². The Bertz CT molecular complexity index is 900. The van der Waals surface area contributed by atoms with E-state index in [0.717, 1.165) is 51.4 Å². The minimum absolute atomic E-state index is 0.0719. The van der Waals surface area contributed by atoms with Crippen LogP contribution in [-0.2, 0) is 9.59 Å². The lowest BCUT2D eigenvalue weighted by molar-refractivity contribution is -0.138. The van der Waals surface area contributed by atoms with Crippen LogP contribution in [0.4, 0.5) is 0 Å². The third-order valence-corrected chi connectivity index (χ3v) is 9.95. The van der Waals surface area contributed by atoms with Crippen molar-refractivity contribution in [1.82, 2.24) is 10.6 Å². The lowest BCUT2D eigenvalue weighted by Crippen LogP contribution is -2.54. The molecule has 0 spiro atoms. The van der Waals surface area contributed by atoms with Gasteiger partial charge in [0, 0.05) is 18.0 Å². The molecule has 0 unspecified atom stereocenters. The van der Waals surface area contributed by atoms with Crippen molar-refractivity contribution in [3.63, 3.8) is 0 Å². The number of rotatable bonds is 5. The summed E-state index contributed by atoms with van der Waals surface area (Å²) in [5, 5.41) is 6.82. The van der Waals surface area contributed by atoms with Crippen LogP contribution in [0.3, 0.4) is 0 Å². The number of hydrogen-bond donors (Lipinski definition) is 2. The van der Waals surface area contributed by atoms with Crippen LogP contribution in [-0.4, -0.2) is 23.9 Å². The summed E-state index contributed by atoms with van der Waals surface area (Å²) in [6.45, 7) is 0. The summed E-state index contributed by atoms with van der Waals surface area (Å²) in [6.07, 6.45) is 34.7. The molecule has 4 heteroatoms. The summed E-state index contributed by atoms with van der Waals surface area (Å²) in [5.74, 6) is -0.226. The van der Waals surface area contributed by atoms with Crippen LogP contribution in [0.25, 0.3) is 0 Å². The number of benzene rings is 1. The van der Waals surface area contributed by atoms with Gasteiger partial charge in [-0.15, -0.1) is 0 Å². The number of allylic oxidation sites excluding steroid dienone is 2. The minimum Gasteiger partial charge on any atom is -0.352 e. The predicted octanol–water partition coefficient (Wildman–Crippen LogP) is 9.46. The molecule has 0 radical (unpaired) electrons. The van der Waals surface area contributed by atoms with Crippen LogP contribution in [0.5, 0.6) is 0 Å². The van der Waals surface area contributed by atoms with Crippen molar-refractivity contribution in [2.75, 3.05) is 0 Å². The Labute approximate surface area is 256 Å². The van der Waals surface area contributed by atoms with Crippen molar-refractivity contribution in [2.45, 2.75) is 159 Å². The van der Waals surface area contributed by atoms with Gasteiger partial charge in [-0.25, -0.2) is 0 Å². The van der Waals surface area contributed by atoms with Crippen LogP contribution >= 0.6 is 0 Å². The van der Waals surface area contributed by atoms with Gasteiger partial charge in [0.05, 0.1) is 0 Å². The Hall–Kier alpha value is -2.36. The predicted molar refractivity (Wildman–Crippen MR) is 175 cm³/mol. The first-order valence-electron chi connectivity index (χ1n) is 17.7. The zero-order valence-electron chi connectivity index (χ0n) is 26.3. The van der Waals surface area contributed by atoms with E-state index in [-0.39, 0.29) is 29.8 Å². The zero-order chi connectivity index (χ0) is 29.3. The Morgan fingerprint density at radius 3 is 1.19 bits per heavy atom. The van der Waals surface area contributed by atoms with Crippen LogP contribution in [0.2, 0.25) is 0 Å². The molecule has 0 aromatic heterocycles. The van der Waals surface area contributed by atoms with Gasteiger partial charge in [0.1, 0.15) is 0 Å². The van der Waals surface area contributed by atoms with Crippen molar-refractivity contribution >= 4 is 11.8 Å². The summed E-state index contributed by atoms with van der Waals surface area (Å²) < 4.78 is 0. The van der Waals surface area contributed by atoms with E-state index in [1.54, 1.807) is 0 Å². The Morgan fingerprint density at radius 2 is 0.833 bits per heavy atom. The van der Waals surface area contributed by atoms with Gasteiger partial charge in [0.25, 0.3) is 0 Å². The quantitative estimate of drug-likeness (QED) is 0.272. The summed E-state index contributed by atoms with van der Waals surface area (Å²) in [7, 11) is 0. The van der Waals surface area contributed by atoms with Gasteiger partial charge in [-0.1, -0.05) is 170 Å². The molecular weight excluding hydrogens is 516 g/mol. The largest absolute Gasteiger partial charge is 0.352 e. The van der Waals surface area contributed by atoms with E-state index in [1.807, 2.05) is 30.4 Å². The fraction of sp³-hybridized carbons (Fsp3) is 0.684. The SMILES string of the molecule is O=C(NC1CCCCCCCCCCC1)C1(C(=O)NC2CCCCCCCCCCC2)C=CC(c2ccccc2)C=C1. The maximum Gasteiger partial charge on any atom is 0.243 e. The molecule has 3 aliphatic carbocycles. The van der Waals surface area contributed by atoms with E-state index in [2.05, 4.69) is 34.9 Å². The summed E-state index contributed by atoms with van der Waals surface area (Å²) in [6, 6.07) is 10.6. The average Bonchev–Trinajstić information content (AvgIpc) is 3.00. The number of carbonyl (C=O) groups excluding carboxylic acids is 2. The van der Waals surface area contributed by atoms with Gasteiger partial charge < -0.3 is 10.6 Å². The monoisotopic (exact) mass is 574 g/mol. The molecule has 42 heavy (non-hydrogen) atoms. The van der Waals surface area contributed by atoms with E-state index < -0.39 is 5.41 Å². The number of hydrogen-bond acceptors (Lipinski definition) is 2. The standard InChI is InChI=1S/C38H58N2O2/c41-36(39-34-24-18-11-7-3-1-4-8-12-19-25-34)38(30-28-33(29-31-38)32-22-16-15-17-23-32)37(42)40-35-26-20-13-9-5-2-6-10-14-21-27-35/h15-17,22-23,28-31,33-35H,1-14,18-21,24-27H2,(H,39,41)(H,40,42). The second kappa shape index (κ2) is 18.3. The molecule has 4 nitrogen and oxygen atoms in total. The number of amides is 2. The molecule has 2 N–H and O–H groups in total. The maximum atomic E-state index is 14.2. The molecule has 3 aliphatic rings. The van der Waals surface area contributed by atoms with E-state index >= 15 is 0 Å². The number of nitrogens with one attached hydrogen (secondary N) is 2. The summed E-state index contributed by atoms with van der Waals surface area (Å²) in [4.78, 5) is 28.4. The molecular formula is C38H58N2O2. The zero-order valence-corrected chi connectivity index (χ0v) is 26.3. The molecule has 4 rings (SSSR count). The molecule has 0 heterocycles. The van der Waals surface area contributed by atoms with Gasteiger partial charge in [-0.05, 0) is 31.2 Å². The molecule has 1 aromatic carbocycles. The summed E-state index contributed by atoms with van der Waals surface area (Å²) >= 11 is 0. The van der Waals surface area contributed by atoms with E-state index in [9.17, 15) is 9.59 Å². The Morgan fingerprint density at radius 1 is 0.500 bits per heavy atom. The van der Waals surface area contributed by atoms with Crippen LogP contribution < -0.4 is 10.6 Å². The van der Waals surface area contributed by atoms with Crippen molar-refractivity contribution in [3.8, 4) is 0 Å². The highest BCUT2D eigenvalue weighted by molar-refractivity contribution is 6.09.